The van der Waals surface area contributed by atoms with Crippen molar-refractivity contribution >= 4 is 38.6 Å². The first-order valence-corrected chi connectivity index (χ1v) is 9.27. The van der Waals surface area contributed by atoms with Gasteiger partial charge in [0.1, 0.15) is 23.7 Å². The highest BCUT2D eigenvalue weighted by Gasteiger charge is 2.30. The molecule has 1 N–H and O–H groups in total. The Hall–Kier alpha value is -3.21. The topological polar surface area (TPSA) is 76.5 Å². The lowest BCUT2D eigenvalue weighted by molar-refractivity contribution is -0.137. The van der Waals surface area contributed by atoms with Crippen molar-refractivity contribution in [1.29, 1.82) is 0 Å². The van der Waals surface area contributed by atoms with E-state index in [4.69, 9.17) is 0 Å². The van der Waals surface area contributed by atoms with Gasteiger partial charge in [-0.3, -0.25) is 4.98 Å². The van der Waals surface area contributed by atoms with Gasteiger partial charge < -0.3 is 5.32 Å². The molecule has 6 nitrogen and oxygen atoms in total. The number of anilines is 2. The van der Waals surface area contributed by atoms with Crippen LogP contribution in [0.5, 0.6) is 0 Å². The van der Waals surface area contributed by atoms with Gasteiger partial charge in [-0.05, 0) is 40.2 Å². The van der Waals surface area contributed by atoms with E-state index in [-0.39, 0.29) is 11.5 Å². The molecule has 0 unspecified atom stereocenters. The van der Waals surface area contributed by atoms with Crippen LogP contribution in [-0.2, 0) is 12.9 Å². The molecule has 4 aromatic heterocycles. The molecule has 0 saturated heterocycles. The second-order valence-corrected chi connectivity index (χ2v) is 7.05. The van der Waals surface area contributed by atoms with Crippen molar-refractivity contribution in [2.75, 3.05) is 5.32 Å². The van der Waals surface area contributed by atoms with E-state index in [0.717, 1.165) is 12.3 Å². The van der Waals surface area contributed by atoms with Crippen LogP contribution in [0.3, 0.4) is 0 Å². The highest BCUT2D eigenvalue weighted by Crippen LogP contribution is 2.30. The van der Waals surface area contributed by atoms with E-state index in [1.54, 1.807) is 12.1 Å². The summed E-state index contributed by atoms with van der Waals surface area (Å²) in [6, 6.07) is 5.35. The maximum atomic E-state index is 13.4. The third kappa shape index (κ3) is 4.06. The van der Waals surface area contributed by atoms with Crippen LogP contribution in [0.1, 0.15) is 11.1 Å². The number of hydrogen-bond acceptors (Lipinski definition) is 6. The predicted octanol–water partition coefficient (Wildman–Crippen LogP) is 5.48. The zero-order valence-electron chi connectivity index (χ0n) is 15.0. The smallest absolute Gasteiger partial charge is 0.338 e. The van der Waals surface area contributed by atoms with Crippen molar-refractivity contribution in [3.05, 3.63) is 64.7 Å². The average molecular weight is 479 g/mol. The van der Waals surface area contributed by atoms with Gasteiger partial charge in [0.15, 0.2) is 5.65 Å². The number of alkyl halides is 4. The Kier molecular flexibility index (Phi) is 5.29. The van der Waals surface area contributed by atoms with E-state index in [1.165, 1.54) is 24.7 Å². The van der Waals surface area contributed by atoms with Gasteiger partial charge in [0.05, 0.1) is 23.1 Å². The van der Waals surface area contributed by atoms with Crippen LogP contribution < -0.4 is 5.32 Å². The van der Waals surface area contributed by atoms with Gasteiger partial charge in [0.2, 0.25) is 0 Å². The first-order valence-electron chi connectivity index (χ1n) is 8.48. The minimum absolute atomic E-state index is 0.204. The number of pyridine rings is 3. The quantitative estimate of drug-likeness (QED) is 0.391. The normalized spacial score (nSPS) is 11.6. The highest BCUT2D eigenvalue weighted by atomic mass is 79.9. The summed E-state index contributed by atoms with van der Waals surface area (Å²) in [5.74, 6) is 0.204. The van der Waals surface area contributed by atoms with E-state index in [1.807, 2.05) is 0 Å². The lowest BCUT2D eigenvalue weighted by Crippen LogP contribution is -2.06. The summed E-state index contributed by atoms with van der Waals surface area (Å²) in [6.45, 7) is -0.726. The lowest BCUT2D eigenvalue weighted by atomic mass is 10.1. The van der Waals surface area contributed by atoms with Gasteiger partial charge in [-0.1, -0.05) is 0 Å². The fourth-order valence-corrected chi connectivity index (χ4v) is 3.10. The Morgan fingerprint density at radius 3 is 2.50 bits per heavy atom. The molecule has 152 valence electrons. The lowest BCUT2D eigenvalue weighted by Gasteiger charge is -2.11. The second kappa shape index (κ2) is 7.90. The Morgan fingerprint density at radius 1 is 0.967 bits per heavy atom. The number of aromatic nitrogens is 5. The zero-order chi connectivity index (χ0) is 21.3. The molecule has 4 aromatic rings. The summed E-state index contributed by atoms with van der Waals surface area (Å²) in [7, 11) is 0. The van der Waals surface area contributed by atoms with Crippen molar-refractivity contribution in [2.24, 2.45) is 0 Å². The van der Waals surface area contributed by atoms with Gasteiger partial charge in [0.25, 0.3) is 0 Å². The molecule has 0 radical (unpaired) electrons. The Bertz CT molecular complexity index is 1210. The fraction of sp³-hybridized carbons (Fsp3) is 0.105. The molecular weight excluding hydrogens is 468 g/mol. The van der Waals surface area contributed by atoms with Crippen LogP contribution in [0, 0.1) is 0 Å². The molecule has 30 heavy (non-hydrogen) atoms. The minimum atomic E-state index is -4.46. The van der Waals surface area contributed by atoms with E-state index >= 15 is 0 Å². The van der Waals surface area contributed by atoms with Crippen LogP contribution in [0.15, 0.2) is 53.5 Å². The number of nitrogens with one attached hydrogen (secondary N) is 1. The van der Waals surface area contributed by atoms with Crippen LogP contribution in [0.25, 0.3) is 22.6 Å². The van der Waals surface area contributed by atoms with Gasteiger partial charge >= 0.3 is 6.18 Å². The van der Waals surface area contributed by atoms with Crippen LogP contribution in [0.2, 0.25) is 0 Å². The molecule has 0 aliphatic carbocycles. The van der Waals surface area contributed by atoms with Crippen molar-refractivity contribution in [3.63, 3.8) is 0 Å². The summed E-state index contributed by atoms with van der Waals surface area (Å²) >= 11 is 3.25. The molecule has 0 amide bonds. The third-order valence-electron chi connectivity index (χ3n) is 4.12. The number of rotatable bonds is 4. The highest BCUT2D eigenvalue weighted by molar-refractivity contribution is 9.10. The van der Waals surface area contributed by atoms with Crippen LogP contribution in [0.4, 0.5) is 29.1 Å². The molecule has 4 rings (SSSR count). The molecular formula is C19H11BrF4N6. The van der Waals surface area contributed by atoms with Crippen LogP contribution >= 0.6 is 15.9 Å². The summed E-state index contributed by atoms with van der Waals surface area (Å²) in [5, 5.41) is 2.91. The molecule has 0 aliphatic rings. The fourth-order valence-electron chi connectivity index (χ4n) is 2.72. The predicted molar refractivity (Wildman–Crippen MR) is 106 cm³/mol. The first-order chi connectivity index (χ1) is 14.3. The largest absolute Gasteiger partial charge is 0.417 e. The van der Waals surface area contributed by atoms with Gasteiger partial charge in [-0.25, -0.2) is 24.3 Å². The summed E-state index contributed by atoms with van der Waals surface area (Å²) in [5.41, 5.74) is 1.30. The molecule has 4 heterocycles. The summed E-state index contributed by atoms with van der Waals surface area (Å²) < 4.78 is 52.1. The van der Waals surface area contributed by atoms with Crippen LogP contribution in [-0.4, -0.2) is 24.9 Å². The van der Waals surface area contributed by atoms with Crippen molar-refractivity contribution < 1.29 is 17.6 Å². The Morgan fingerprint density at radius 2 is 1.80 bits per heavy atom. The molecule has 0 saturated carbocycles. The van der Waals surface area contributed by atoms with Gasteiger partial charge in [-0.2, -0.15) is 13.2 Å². The number of halogens is 5. The number of nitrogens with zero attached hydrogens (tertiary/aromatic N) is 5. The molecule has 0 atom stereocenters. The van der Waals surface area contributed by atoms with E-state index in [2.05, 4.69) is 46.2 Å². The summed E-state index contributed by atoms with van der Waals surface area (Å²) in [4.78, 5) is 20.9. The number of hydrogen-bond donors (Lipinski definition) is 1. The SMILES string of the molecule is FCc1cc(Br)cnc1-c1cnc2c(Nc3ccc(C(F)(F)F)cn3)ccnc2n1. The molecule has 0 aromatic carbocycles. The first kappa shape index (κ1) is 20.1. The minimum Gasteiger partial charge on any atom is -0.338 e. The third-order valence-corrected chi connectivity index (χ3v) is 4.55. The Balaban J connectivity index is 1.68. The average Bonchev–Trinajstić information content (AvgIpc) is 2.73. The van der Waals surface area contributed by atoms with Gasteiger partial charge in [0, 0.05) is 28.6 Å². The second-order valence-electron chi connectivity index (χ2n) is 6.14. The van der Waals surface area contributed by atoms with E-state index in [9.17, 15) is 17.6 Å². The maximum Gasteiger partial charge on any atom is 0.417 e. The monoisotopic (exact) mass is 478 g/mol. The molecule has 0 aliphatic heterocycles. The van der Waals surface area contributed by atoms with Crippen molar-refractivity contribution in [3.8, 4) is 11.4 Å². The Labute approximate surface area is 175 Å². The standard InChI is InChI=1S/C19H11BrF4N6/c20-12-5-10(6-21)16(27-8-12)14-9-28-17-13(3-4-25-18(17)30-14)29-15-2-1-11(7-26-15)19(22,23)24/h1-5,7-9H,6H2,(H,25,26,29,30). The number of fused-ring (bicyclic) bond motifs is 1. The maximum absolute atomic E-state index is 13.4. The van der Waals surface area contributed by atoms with E-state index < -0.39 is 18.4 Å². The molecule has 0 spiro atoms. The molecule has 11 heteroatoms. The molecule has 0 bridgehead atoms. The van der Waals surface area contributed by atoms with Crippen molar-refractivity contribution in [1.82, 2.24) is 24.9 Å². The van der Waals surface area contributed by atoms with Crippen molar-refractivity contribution in [2.45, 2.75) is 12.9 Å². The van der Waals surface area contributed by atoms with Gasteiger partial charge in [-0.15, -0.1) is 0 Å². The summed E-state index contributed by atoms with van der Waals surface area (Å²) in [6.07, 6.45) is 0.717. The van der Waals surface area contributed by atoms with E-state index in [0.29, 0.717) is 32.6 Å². The zero-order valence-corrected chi connectivity index (χ0v) is 16.5. The molecule has 0 fully saturated rings.